The van der Waals surface area contributed by atoms with Crippen LogP contribution in [0.4, 0.5) is 15.8 Å². The van der Waals surface area contributed by atoms with Crippen LogP contribution in [0.15, 0.2) is 36.4 Å². The summed E-state index contributed by atoms with van der Waals surface area (Å²) in [4.78, 5) is 11.9. The minimum atomic E-state index is -0.314. The van der Waals surface area contributed by atoms with E-state index in [0.29, 0.717) is 21.4 Å². The number of benzene rings is 2. The normalized spacial score (nSPS) is 10.3. The average Bonchev–Trinajstić information content (AvgIpc) is 2.42. The van der Waals surface area contributed by atoms with E-state index in [-0.39, 0.29) is 18.3 Å². The smallest absolute Gasteiger partial charge is 0.243 e. The van der Waals surface area contributed by atoms with Crippen molar-refractivity contribution in [3.05, 3.63) is 57.8 Å². The van der Waals surface area contributed by atoms with Crippen molar-refractivity contribution in [2.75, 3.05) is 17.2 Å². The lowest BCUT2D eigenvalue weighted by Gasteiger charge is -2.11. The Morgan fingerprint density at radius 3 is 2.48 bits per heavy atom. The molecular formula is C15H13Cl2FN2O. The molecule has 3 nitrogen and oxygen atoms in total. The summed E-state index contributed by atoms with van der Waals surface area (Å²) in [5.74, 6) is -0.612. The summed E-state index contributed by atoms with van der Waals surface area (Å²) >= 11 is 11.9. The van der Waals surface area contributed by atoms with Gasteiger partial charge in [0, 0.05) is 5.69 Å². The predicted molar refractivity (Wildman–Crippen MR) is 84.7 cm³/mol. The maximum Gasteiger partial charge on any atom is 0.243 e. The zero-order chi connectivity index (χ0) is 15.4. The summed E-state index contributed by atoms with van der Waals surface area (Å²) in [5.41, 5.74) is 1.79. The van der Waals surface area contributed by atoms with E-state index >= 15 is 0 Å². The van der Waals surface area contributed by atoms with Crippen molar-refractivity contribution in [1.82, 2.24) is 0 Å². The Labute approximate surface area is 132 Å². The number of nitrogens with one attached hydrogen (secondary N) is 2. The quantitative estimate of drug-likeness (QED) is 0.869. The van der Waals surface area contributed by atoms with E-state index in [0.717, 1.165) is 5.56 Å². The molecule has 0 saturated carbocycles. The minimum Gasteiger partial charge on any atom is -0.376 e. The first-order chi connectivity index (χ1) is 9.97. The van der Waals surface area contributed by atoms with Crippen molar-refractivity contribution in [3.63, 3.8) is 0 Å². The first kappa shape index (κ1) is 15.6. The molecule has 2 rings (SSSR count). The summed E-state index contributed by atoms with van der Waals surface area (Å²) < 4.78 is 13.0. The Kier molecular flexibility index (Phi) is 5.04. The largest absolute Gasteiger partial charge is 0.376 e. The highest BCUT2D eigenvalue weighted by atomic mass is 35.5. The van der Waals surface area contributed by atoms with E-state index in [1.165, 1.54) is 12.1 Å². The predicted octanol–water partition coefficient (Wildman–Crippen LogP) is 4.49. The SMILES string of the molecule is Cc1cc(F)ccc1NCC(=O)Nc1c(Cl)cccc1Cl. The van der Waals surface area contributed by atoms with Crippen LogP contribution in [-0.4, -0.2) is 12.5 Å². The molecule has 0 unspecified atom stereocenters. The monoisotopic (exact) mass is 326 g/mol. The third-order valence-electron chi connectivity index (χ3n) is 2.86. The lowest BCUT2D eigenvalue weighted by molar-refractivity contribution is -0.114. The van der Waals surface area contributed by atoms with Crippen molar-refractivity contribution in [2.24, 2.45) is 0 Å². The number of rotatable bonds is 4. The molecule has 0 aliphatic carbocycles. The van der Waals surface area contributed by atoms with Gasteiger partial charge in [0.1, 0.15) is 5.82 Å². The highest BCUT2D eigenvalue weighted by molar-refractivity contribution is 6.39. The molecule has 1 amide bonds. The molecule has 0 spiro atoms. The van der Waals surface area contributed by atoms with Gasteiger partial charge in [0.2, 0.25) is 5.91 Å². The number of aryl methyl sites for hydroxylation is 1. The summed E-state index contributed by atoms with van der Waals surface area (Å²) in [6, 6.07) is 9.28. The zero-order valence-electron chi connectivity index (χ0n) is 11.2. The van der Waals surface area contributed by atoms with Gasteiger partial charge in [0.05, 0.1) is 22.3 Å². The molecule has 0 aliphatic heterocycles. The fourth-order valence-electron chi connectivity index (χ4n) is 1.80. The molecule has 0 atom stereocenters. The first-order valence-corrected chi connectivity index (χ1v) is 6.97. The summed E-state index contributed by atoms with van der Waals surface area (Å²) in [6.07, 6.45) is 0. The average molecular weight is 327 g/mol. The van der Waals surface area contributed by atoms with Gasteiger partial charge in [-0.25, -0.2) is 4.39 Å². The number of para-hydroxylation sites is 1. The topological polar surface area (TPSA) is 41.1 Å². The van der Waals surface area contributed by atoms with E-state index < -0.39 is 0 Å². The lowest BCUT2D eigenvalue weighted by atomic mass is 10.2. The maximum atomic E-state index is 13.0. The van der Waals surface area contributed by atoms with E-state index in [2.05, 4.69) is 10.6 Å². The molecule has 0 radical (unpaired) electrons. The van der Waals surface area contributed by atoms with Gasteiger partial charge >= 0.3 is 0 Å². The van der Waals surface area contributed by atoms with E-state index in [1.54, 1.807) is 31.2 Å². The molecule has 6 heteroatoms. The van der Waals surface area contributed by atoms with Crippen molar-refractivity contribution in [1.29, 1.82) is 0 Å². The van der Waals surface area contributed by atoms with Gasteiger partial charge in [-0.3, -0.25) is 4.79 Å². The second-order valence-corrected chi connectivity index (χ2v) is 5.27. The third-order valence-corrected chi connectivity index (χ3v) is 3.48. The van der Waals surface area contributed by atoms with Crippen LogP contribution in [0.2, 0.25) is 10.0 Å². The van der Waals surface area contributed by atoms with Crippen LogP contribution in [0.5, 0.6) is 0 Å². The molecule has 21 heavy (non-hydrogen) atoms. The van der Waals surface area contributed by atoms with Gasteiger partial charge in [-0.15, -0.1) is 0 Å². The van der Waals surface area contributed by atoms with Crippen LogP contribution in [0.25, 0.3) is 0 Å². The number of halogens is 3. The molecule has 2 aromatic rings. The van der Waals surface area contributed by atoms with Crippen LogP contribution in [-0.2, 0) is 4.79 Å². The fraction of sp³-hybridized carbons (Fsp3) is 0.133. The van der Waals surface area contributed by atoms with Crippen molar-refractivity contribution in [3.8, 4) is 0 Å². The number of anilines is 2. The highest BCUT2D eigenvalue weighted by Crippen LogP contribution is 2.29. The molecule has 0 aromatic heterocycles. The molecule has 0 bridgehead atoms. The lowest BCUT2D eigenvalue weighted by Crippen LogP contribution is -2.22. The molecule has 0 saturated heterocycles. The fourth-order valence-corrected chi connectivity index (χ4v) is 2.29. The van der Waals surface area contributed by atoms with Crippen molar-refractivity contribution >= 4 is 40.5 Å². The third kappa shape index (κ3) is 4.09. The van der Waals surface area contributed by atoms with Crippen molar-refractivity contribution < 1.29 is 9.18 Å². The van der Waals surface area contributed by atoms with E-state index in [9.17, 15) is 9.18 Å². The minimum absolute atomic E-state index is 0.0218. The molecule has 0 aliphatic rings. The molecule has 2 aromatic carbocycles. The van der Waals surface area contributed by atoms with E-state index in [4.69, 9.17) is 23.2 Å². The Morgan fingerprint density at radius 2 is 1.86 bits per heavy atom. The van der Waals surface area contributed by atoms with Gasteiger partial charge in [0.15, 0.2) is 0 Å². The molecular weight excluding hydrogens is 314 g/mol. The van der Waals surface area contributed by atoms with Gasteiger partial charge in [-0.05, 0) is 42.8 Å². The second kappa shape index (κ2) is 6.78. The van der Waals surface area contributed by atoms with Crippen LogP contribution in [0, 0.1) is 12.7 Å². The first-order valence-electron chi connectivity index (χ1n) is 6.21. The molecule has 2 N–H and O–H groups in total. The van der Waals surface area contributed by atoms with Gasteiger partial charge < -0.3 is 10.6 Å². The van der Waals surface area contributed by atoms with Gasteiger partial charge in [-0.2, -0.15) is 0 Å². The standard InChI is InChI=1S/C15H13Cl2FN2O/c1-9-7-10(18)5-6-13(9)19-8-14(21)20-15-11(16)3-2-4-12(15)17/h2-7,19H,8H2,1H3,(H,20,21). The van der Waals surface area contributed by atoms with Crippen LogP contribution >= 0.6 is 23.2 Å². The molecule has 0 heterocycles. The Morgan fingerprint density at radius 1 is 1.19 bits per heavy atom. The van der Waals surface area contributed by atoms with Crippen molar-refractivity contribution in [2.45, 2.75) is 6.92 Å². The number of hydrogen-bond donors (Lipinski definition) is 2. The number of amides is 1. The Hall–Kier alpha value is -1.78. The summed E-state index contributed by atoms with van der Waals surface area (Å²) in [7, 11) is 0. The van der Waals surface area contributed by atoms with E-state index in [1.807, 2.05) is 0 Å². The molecule has 0 fully saturated rings. The highest BCUT2D eigenvalue weighted by Gasteiger charge is 2.09. The number of carbonyl (C=O) groups is 1. The molecule has 110 valence electrons. The van der Waals surface area contributed by atoms with Gasteiger partial charge in [-0.1, -0.05) is 29.3 Å². The Bertz CT molecular complexity index is 656. The summed E-state index contributed by atoms with van der Waals surface area (Å²) in [6.45, 7) is 1.78. The number of hydrogen-bond acceptors (Lipinski definition) is 2. The maximum absolute atomic E-state index is 13.0. The Balaban J connectivity index is 1.99. The second-order valence-electron chi connectivity index (χ2n) is 4.46. The van der Waals surface area contributed by atoms with Crippen LogP contribution < -0.4 is 10.6 Å². The van der Waals surface area contributed by atoms with Crippen LogP contribution in [0.1, 0.15) is 5.56 Å². The number of carbonyl (C=O) groups excluding carboxylic acids is 1. The van der Waals surface area contributed by atoms with Gasteiger partial charge in [0.25, 0.3) is 0 Å². The van der Waals surface area contributed by atoms with Crippen LogP contribution in [0.3, 0.4) is 0 Å². The zero-order valence-corrected chi connectivity index (χ0v) is 12.7. The summed E-state index contributed by atoms with van der Waals surface area (Å²) in [5, 5.41) is 6.31.